The van der Waals surface area contributed by atoms with Crippen molar-refractivity contribution >= 4 is 50.4 Å². The summed E-state index contributed by atoms with van der Waals surface area (Å²) in [5.41, 5.74) is 1.22. The molecule has 1 aliphatic rings. The number of halogens is 1. The van der Waals surface area contributed by atoms with Crippen molar-refractivity contribution in [2.75, 3.05) is 11.9 Å². The summed E-state index contributed by atoms with van der Waals surface area (Å²) < 4.78 is 5.70. The lowest BCUT2D eigenvalue weighted by Crippen LogP contribution is -2.21. The van der Waals surface area contributed by atoms with Crippen molar-refractivity contribution in [3.05, 3.63) is 50.1 Å². The zero-order valence-corrected chi connectivity index (χ0v) is 16.9. The van der Waals surface area contributed by atoms with E-state index in [1.54, 1.807) is 11.3 Å². The summed E-state index contributed by atoms with van der Waals surface area (Å²) in [7, 11) is 0. The van der Waals surface area contributed by atoms with Gasteiger partial charge in [-0.05, 0) is 37.3 Å². The molecule has 3 aromatic rings. The molecule has 150 valence electrons. The highest BCUT2D eigenvalue weighted by Crippen LogP contribution is 2.38. The van der Waals surface area contributed by atoms with Gasteiger partial charge in [-0.1, -0.05) is 18.0 Å². The van der Waals surface area contributed by atoms with Crippen LogP contribution in [-0.2, 0) is 17.6 Å². The topological polar surface area (TPSA) is 107 Å². The number of ether oxygens (including phenoxy) is 1. The van der Waals surface area contributed by atoms with Crippen molar-refractivity contribution < 1.29 is 14.5 Å². The van der Waals surface area contributed by atoms with E-state index in [-0.39, 0.29) is 23.0 Å². The maximum absolute atomic E-state index is 12.3. The number of rotatable bonds is 5. The van der Waals surface area contributed by atoms with Crippen LogP contribution in [0, 0.1) is 10.1 Å². The second kappa shape index (κ2) is 8.30. The average Bonchev–Trinajstić information content (AvgIpc) is 2.90. The minimum absolute atomic E-state index is 0.159. The first-order chi connectivity index (χ1) is 14.0. The number of aromatic nitrogens is 2. The predicted octanol–water partition coefficient (Wildman–Crippen LogP) is 4.54. The molecule has 1 aliphatic carbocycles. The molecule has 0 fully saturated rings. The van der Waals surface area contributed by atoms with Gasteiger partial charge in [0.25, 0.3) is 11.6 Å². The van der Waals surface area contributed by atoms with Gasteiger partial charge in [0, 0.05) is 17.0 Å². The molecule has 0 saturated heterocycles. The monoisotopic (exact) mass is 432 g/mol. The van der Waals surface area contributed by atoms with Crippen LogP contribution in [0.4, 0.5) is 11.4 Å². The van der Waals surface area contributed by atoms with Crippen molar-refractivity contribution in [1.82, 2.24) is 9.97 Å². The molecule has 1 N–H and O–H groups in total. The number of nitrogens with one attached hydrogen (secondary N) is 1. The zero-order chi connectivity index (χ0) is 20.4. The van der Waals surface area contributed by atoms with E-state index >= 15 is 0 Å². The van der Waals surface area contributed by atoms with E-state index in [4.69, 9.17) is 16.3 Å². The van der Waals surface area contributed by atoms with E-state index in [0.29, 0.717) is 5.88 Å². The summed E-state index contributed by atoms with van der Waals surface area (Å²) in [6, 6.07) is 3.85. The van der Waals surface area contributed by atoms with Crippen molar-refractivity contribution in [3.8, 4) is 5.88 Å². The minimum Gasteiger partial charge on any atom is -0.467 e. The summed E-state index contributed by atoms with van der Waals surface area (Å²) in [4.78, 5) is 33.5. The van der Waals surface area contributed by atoms with Gasteiger partial charge in [0.1, 0.15) is 11.2 Å². The molecule has 1 aromatic carbocycles. The Morgan fingerprint density at radius 1 is 1.28 bits per heavy atom. The molecular formula is C19H17ClN4O4S. The molecule has 0 atom stereocenters. The molecule has 8 nitrogen and oxygen atoms in total. The summed E-state index contributed by atoms with van der Waals surface area (Å²) in [6.45, 7) is -0.296. The van der Waals surface area contributed by atoms with Crippen molar-refractivity contribution in [1.29, 1.82) is 0 Å². The van der Waals surface area contributed by atoms with Crippen LogP contribution in [0.1, 0.15) is 29.7 Å². The van der Waals surface area contributed by atoms with Crippen LogP contribution in [0.5, 0.6) is 5.88 Å². The zero-order valence-electron chi connectivity index (χ0n) is 15.3. The standard InChI is InChI=1S/C19H17ClN4O4S/c20-13-7-6-11(24(26)27)8-14(13)23-16(25)9-28-18-17-12-4-2-1-3-5-15(12)29-19(17)22-10-21-18/h6-8,10H,1-5,9H2,(H,23,25). The van der Waals surface area contributed by atoms with E-state index in [0.717, 1.165) is 35.9 Å². The third kappa shape index (κ3) is 4.15. The third-order valence-corrected chi connectivity index (χ3v) is 6.27. The Morgan fingerprint density at radius 3 is 2.93 bits per heavy atom. The van der Waals surface area contributed by atoms with Crippen LogP contribution < -0.4 is 10.1 Å². The van der Waals surface area contributed by atoms with Gasteiger partial charge in [0.15, 0.2) is 6.61 Å². The molecule has 0 saturated carbocycles. The molecule has 1 amide bonds. The number of carbonyl (C=O) groups excluding carboxylic acids is 1. The number of thiophene rings is 1. The molecule has 0 spiro atoms. The lowest BCUT2D eigenvalue weighted by atomic mass is 10.1. The number of amides is 1. The number of carbonyl (C=O) groups is 1. The van der Waals surface area contributed by atoms with E-state index < -0.39 is 10.8 Å². The Labute approximate surface area is 175 Å². The molecule has 0 aliphatic heterocycles. The van der Waals surface area contributed by atoms with E-state index in [1.807, 2.05) is 0 Å². The van der Waals surface area contributed by atoms with Crippen molar-refractivity contribution in [2.24, 2.45) is 0 Å². The largest absolute Gasteiger partial charge is 0.467 e. The highest BCUT2D eigenvalue weighted by Gasteiger charge is 2.20. The van der Waals surface area contributed by atoms with Gasteiger partial charge < -0.3 is 10.1 Å². The quantitative estimate of drug-likeness (QED) is 0.360. The van der Waals surface area contributed by atoms with Gasteiger partial charge >= 0.3 is 0 Å². The highest BCUT2D eigenvalue weighted by atomic mass is 35.5. The summed E-state index contributed by atoms with van der Waals surface area (Å²) >= 11 is 7.68. The van der Waals surface area contributed by atoms with Crippen LogP contribution in [-0.4, -0.2) is 27.4 Å². The molecule has 0 radical (unpaired) electrons. The molecule has 2 heterocycles. The van der Waals surface area contributed by atoms with Crippen molar-refractivity contribution in [2.45, 2.75) is 32.1 Å². The maximum atomic E-state index is 12.3. The molecular weight excluding hydrogens is 416 g/mol. The van der Waals surface area contributed by atoms with Gasteiger partial charge in [0.2, 0.25) is 5.88 Å². The van der Waals surface area contributed by atoms with Crippen LogP contribution in [0.3, 0.4) is 0 Å². The van der Waals surface area contributed by atoms with Gasteiger partial charge in [0.05, 0.1) is 21.0 Å². The number of nitro groups is 1. The fraction of sp³-hybridized carbons (Fsp3) is 0.316. The van der Waals surface area contributed by atoms with Crippen LogP contribution in [0.15, 0.2) is 24.5 Å². The van der Waals surface area contributed by atoms with Gasteiger partial charge in [-0.15, -0.1) is 11.3 Å². The second-order valence-corrected chi connectivity index (χ2v) is 8.17. The molecule has 0 bridgehead atoms. The lowest BCUT2D eigenvalue weighted by molar-refractivity contribution is -0.384. The minimum atomic E-state index is -0.553. The molecule has 0 unspecified atom stereocenters. The fourth-order valence-electron chi connectivity index (χ4n) is 3.39. The predicted molar refractivity (Wildman–Crippen MR) is 111 cm³/mol. The summed E-state index contributed by atoms with van der Waals surface area (Å²) in [6.07, 6.45) is 6.88. The average molecular weight is 433 g/mol. The number of non-ortho nitro benzene ring substituents is 1. The molecule has 29 heavy (non-hydrogen) atoms. The number of hydrogen-bond donors (Lipinski definition) is 1. The maximum Gasteiger partial charge on any atom is 0.271 e. The molecule has 4 rings (SSSR count). The van der Waals surface area contributed by atoms with Gasteiger partial charge in [-0.25, -0.2) is 9.97 Å². The first-order valence-electron chi connectivity index (χ1n) is 9.15. The normalized spacial score (nSPS) is 13.6. The van der Waals surface area contributed by atoms with E-state index in [9.17, 15) is 14.9 Å². The van der Waals surface area contributed by atoms with Crippen molar-refractivity contribution in [3.63, 3.8) is 0 Å². The Morgan fingerprint density at radius 2 is 2.10 bits per heavy atom. The van der Waals surface area contributed by atoms with Gasteiger partial charge in [-0.2, -0.15) is 0 Å². The van der Waals surface area contributed by atoms with Gasteiger partial charge in [-0.3, -0.25) is 14.9 Å². The number of anilines is 1. The Balaban J connectivity index is 1.51. The fourth-order valence-corrected chi connectivity index (χ4v) is 4.77. The first-order valence-corrected chi connectivity index (χ1v) is 10.3. The third-order valence-electron chi connectivity index (χ3n) is 4.74. The van der Waals surface area contributed by atoms with Crippen LogP contribution in [0.25, 0.3) is 10.2 Å². The lowest BCUT2D eigenvalue weighted by Gasteiger charge is -2.09. The number of hydrogen-bond acceptors (Lipinski definition) is 7. The van der Waals surface area contributed by atoms with E-state index in [1.165, 1.54) is 41.4 Å². The summed E-state index contributed by atoms with van der Waals surface area (Å²) in [5, 5.41) is 14.6. The van der Waals surface area contributed by atoms with Crippen LogP contribution >= 0.6 is 22.9 Å². The molecule has 10 heteroatoms. The first kappa shape index (κ1) is 19.5. The molecule has 2 aromatic heterocycles. The number of benzene rings is 1. The number of fused-ring (bicyclic) bond motifs is 3. The number of aryl methyl sites for hydroxylation is 2. The second-order valence-electron chi connectivity index (χ2n) is 6.68. The number of nitrogens with zero attached hydrogens (tertiary/aromatic N) is 3. The summed E-state index contributed by atoms with van der Waals surface area (Å²) in [5.74, 6) is -0.102. The highest BCUT2D eigenvalue weighted by molar-refractivity contribution is 7.18. The Kier molecular flexibility index (Phi) is 5.59. The number of nitro benzene ring substituents is 1. The Hall–Kier alpha value is -2.78. The smallest absolute Gasteiger partial charge is 0.271 e. The van der Waals surface area contributed by atoms with Crippen LogP contribution in [0.2, 0.25) is 5.02 Å². The van der Waals surface area contributed by atoms with E-state index in [2.05, 4.69) is 15.3 Å². The Bertz CT molecular complexity index is 1100. The SMILES string of the molecule is O=C(COc1ncnc2sc3c(c12)CCCCC3)Nc1cc([N+](=O)[O-])ccc1Cl.